The highest BCUT2D eigenvalue weighted by Crippen LogP contribution is 2.35. The van der Waals surface area contributed by atoms with E-state index in [-0.39, 0.29) is 0 Å². The molecule has 1 aliphatic carbocycles. The number of hydrogen-bond acceptors (Lipinski definition) is 2. The predicted octanol–water partition coefficient (Wildman–Crippen LogP) is 3.07. The lowest BCUT2D eigenvalue weighted by molar-refractivity contribution is 0.737. The molecule has 1 atom stereocenters. The molecule has 1 aromatic rings. The number of benzene rings is 1. The van der Waals surface area contributed by atoms with Gasteiger partial charge in [0.15, 0.2) is 0 Å². The van der Waals surface area contributed by atoms with Crippen molar-refractivity contribution in [3.05, 3.63) is 47.0 Å². The number of allylic oxidation sites excluding steroid dienone is 2. The van der Waals surface area contributed by atoms with Crippen molar-refractivity contribution in [1.29, 1.82) is 0 Å². The first-order valence-electron chi connectivity index (χ1n) is 4.89. The molecule has 0 saturated carbocycles. The molecule has 0 amide bonds. The van der Waals surface area contributed by atoms with Gasteiger partial charge in [-0.3, -0.25) is 0 Å². The van der Waals surface area contributed by atoms with E-state index in [1.165, 1.54) is 0 Å². The van der Waals surface area contributed by atoms with Gasteiger partial charge in [0.2, 0.25) is 0 Å². The summed E-state index contributed by atoms with van der Waals surface area (Å²) >= 11 is 12.2. The zero-order chi connectivity index (χ0) is 11.8. The highest BCUT2D eigenvalue weighted by molar-refractivity contribution is 6.35. The second-order valence-electron chi connectivity index (χ2n) is 3.88. The van der Waals surface area contributed by atoms with Crippen LogP contribution < -0.4 is 11.5 Å². The highest BCUT2D eigenvalue weighted by Gasteiger charge is 2.24. The Morgan fingerprint density at radius 2 is 1.81 bits per heavy atom. The Morgan fingerprint density at radius 3 is 2.38 bits per heavy atom. The molecular formula is C12H12Cl2N2. The van der Waals surface area contributed by atoms with Gasteiger partial charge in [0.05, 0.1) is 0 Å². The molecule has 0 fully saturated rings. The van der Waals surface area contributed by atoms with Crippen LogP contribution in [0.25, 0.3) is 5.57 Å². The summed E-state index contributed by atoms with van der Waals surface area (Å²) in [5, 5.41) is 0.671. The van der Waals surface area contributed by atoms with E-state index in [9.17, 15) is 0 Å². The summed E-state index contributed by atoms with van der Waals surface area (Å²) in [4.78, 5) is -0.867. The summed E-state index contributed by atoms with van der Waals surface area (Å²) < 4.78 is 0. The molecule has 84 valence electrons. The Balaban J connectivity index is 2.36. The van der Waals surface area contributed by atoms with Gasteiger partial charge in [-0.1, -0.05) is 41.4 Å². The Morgan fingerprint density at radius 1 is 1.19 bits per heavy atom. The van der Waals surface area contributed by atoms with Crippen molar-refractivity contribution >= 4 is 34.5 Å². The average Bonchev–Trinajstić information content (AvgIpc) is 2.19. The zero-order valence-corrected chi connectivity index (χ0v) is 10.1. The number of alkyl halides is 1. The molecule has 0 aromatic heterocycles. The number of hydrogen-bond donors (Lipinski definition) is 2. The lowest BCUT2D eigenvalue weighted by Gasteiger charge is -2.23. The summed E-state index contributed by atoms with van der Waals surface area (Å²) in [7, 11) is 0. The van der Waals surface area contributed by atoms with E-state index in [0.29, 0.717) is 11.5 Å². The van der Waals surface area contributed by atoms with Gasteiger partial charge in [-0.05, 0) is 29.3 Å². The highest BCUT2D eigenvalue weighted by atomic mass is 35.5. The molecule has 1 aromatic carbocycles. The van der Waals surface area contributed by atoms with Gasteiger partial charge in [0.25, 0.3) is 0 Å². The number of nitrogen functional groups attached to an aromatic ring is 1. The summed E-state index contributed by atoms with van der Waals surface area (Å²) in [6, 6.07) is 7.53. The molecule has 0 bridgehead atoms. The topological polar surface area (TPSA) is 52.0 Å². The molecule has 1 unspecified atom stereocenters. The molecule has 0 heterocycles. The monoisotopic (exact) mass is 254 g/mol. The third kappa shape index (κ3) is 2.40. The number of rotatable bonds is 1. The number of nitrogens with two attached hydrogens (primary N) is 2. The van der Waals surface area contributed by atoms with Crippen molar-refractivity contribution in [2.45, 2.75) is 11.4 Å². The van der Waals surface area contributed by atoms with Crippen LogP contribution in [0.2, 0.25) is 0 Å². The van der Waals surface area contributed by atoms with E-state index in [1.54, 1.807) is 6.08 Å². The molecule has 1 aliphatic rings. The van der Waals surface area contributed by atoms with E-state index in [0.717, 1.165) is 16.8 Å². The summed E-state index contributed by atoms with van der Waals surface area (Å²) in [5.74, 6) is 0. The van der Waals surface area contributed by atoms with Crippen LogP contribution in [0.4, 0.5) is 5.69 Å². The van der Waals surface area contributed by atoms with Crippen molar-refractivity contribution in [3.63, 3.8) is 0 Å². The smallest absolute Gasteiger partial charge is 0.115 e. The molecule has 2 nitrogen and oxygen atoms in total. The van der Waals surface area contributed by atoms with Gasteiger partial charge >= 0.3 is 0 Å². The van der Waals surface area contributed by atoms with Gasteiger partial charge in [0, 0.05) is 17.1 Å². The minimum Gasteiger partial charge on any atom is -0.399 e. The van der Waals surface area contributed by atoms with Crippen LogP contribution in [0.3, 0.4) is 0 Å². The van der Waals surface area contributed by atoms with Crippen LogP contribution in [0.1, 0.15) is 12.0 Å². The first kappa shape index (κ1) is 11.5. The van der Waals surface area contributed by atoms with E-state index in [1.807, 2.05) is 30.3 Å². The molecule has 16 heavy (non-hydrogen) atoms. The fourth-order valence-corrected chi connectivity index (χ4v) is 2.28. The van der Waals surface area contributed by atoms with Crippen molar-refractivity contribution < 1.29 is 0 Å². The van der Waals surface area contributed by atoms with Crippen LogP contribution >= 0.6 is 23.2 Å². The van der Waals surface area contributed by atoms with Gasteiger partial charge in [0.1, 0.15) is 5.00 Å². The van der Waals surface area contributed by atoms with Crippen molar-refractivity contribution in [1.82, 2.24) is 0 Å². The number of halogens is 2. The molecule has 4 heteroatoms. The largest absolute Gasteiger partial charge is 0.399 e. The normalized spacial score (nSPS) is 24.9. The lowest BCUT2D eigenvalue weighted by Crippen LogP contribution is -2.32. The zero-order valence-electron chi connectivity index (χ0n) is 8.58. The Kier molecular flexibility index (Phi) is 2.98. The van der Waals surface area contributed by atoms with Crippen molar-refractivity contribution in [2.75, 3.05) is 5.73 Å². The molecule has 4 N–H and O–H groups in total. The molecule has 0 radical (unpaired) electrons. The summed E-state index contributed by atoms with van der Waals surface area (Å²) in [5.41, 5.74) is 14.1. The molecular weight excluding hydrogens is 243 g/mol. The second-order valence-corrected chi connectivity index (χ2v) is 5.04. The maximum absolute atomic E-state index is 6.17. The van der Waals surface area contributed by atoms with Gasteiger partial charge in [-0.2, -0.15) is 0 Å². The fourth-order valence-electron chi connectivity index (χ4n) is 1.62. The Bertz CT molecular complexity index is 458. The Hall–Kier alpha value is -0.960. The van der Waals surface area contributed by atoms with Crippen molar-refractivity contribution in [3.8, 4) is 0 Å². The number of anilines is 1. The minimum absolute atomic E-state index is 0.437. The van der Waals surface area contributed by atoms with E-state index >= 15 is 0 Å². The molecule has 0 spiro atoms. The summed E-state index contributed by atoms with van der Waals surface area (Å²) in [6.07, 6.45) is 4.04. The second kappa shape index (κ2) is 4.13. The van der Waals surface area contributed by atoms with Gasteiger partial charge < -0.3 is 11.5 Å². The maximum Gasteiger partial charge on any atom is 0.115 e. The first-order chi connectivity index (χ1) is 7.48. The van der Waals surface area contributed by atoms with Gasteiger partial charge in [-0.25, -0.2) is 0 Å². The standard InChI is InChI=1S/C12H12Cl2N2/c13-11-7-12(14,16)6-5-10(11)8-1-3-9(15)4-2-8/h1-6H,7,15-16H2. The van der Waals surface area contributed by atoms with Crippen LogP contribution in [-0.2, 0) is 0 Å². The molecule has 0 aliphatic heterocycles. The third-order valence-electron chi connectivity index (χ3n) is 2.47. The minimum atomic E-state index is -0.867. The Labute approximate surface area is 105 Å². The van der Waals surface area contributed by atoms with Crippen LogP contribution in [0.5, 0.6) is 0 Å². The van der Waals surface area contributed by atoms with E-state index < -0.39 is 5.00 Å². The average molecular weight is 255 g/mol. The predicted molar refractivity (Wildman–Crippen MR) is 70.2 cm³/mol. The van der Waals surface area contributed by atoms with Crippen LogP contribution in [0.15, 0.2) is 41.4 Å². The summed E-state index contributed by atoms with van der Waals surface area (Å²) in [6.45, 7) is 0. The third-order valence-corrected chi connectivity index (χ3v) is 3.06. The SMILES string of the molecule is Nc1ccc(C2=C(Cl)CC(N)(Cl)C=C2)cc1. The fraction of sp³-hybridized carbons (Fsp3) is 0.167. The van der Waals surface area contributed by atoms with Crippen LogP contribution in [0, 0.1) is 0 Å². The molecule has 0 saturated heterocycles. The van der Waals surface area contributed by atoms with E-state index in [2.05, 4.69) is 0 Å². The van der Waals surface area contributed by atoms with Crippen molar-refractivity contribution in [2.24, 2.45) is 5.73 Å². The van der Waals surface area contributed by atoms with Gasteiger partial charge in [-0.15, -0.1) is 0 Å². The molecule has 2 rings (SSSR count). The van der Waals surface area contributed by atoms with Crippen LogP contribution in [-0.4, -0.2) is 5.00 Å². The van der Waals surface area contributed by atoms with E-state index in [4.69, 9.17) is 34.7 Å². The first-order valence-corrected chi connectivity index (χ1v) is 5.65. The quantitative estimate of drug-likeness (QED) is 0.460. The maximum atomic E-state index is 6.17. The lowest BCUT2D eigenvalue weighted by atomic mass is 9.97.